The predicted octanol–water partition coefficient (Wildman–Crippen LogP) is 3.48. The van der Waals surface area contributed by atoms with E-state index in [4.69, 9.17) is 14.5 Å². The standard InChI is InChI=1S/C25H25N7O3/c1-25(2)24(33)30-19-8-3-16(13-21(19)35-25)20-14-32-23(26-15-27-32)22(29-20)28-17-4-6-18(7-5-17)31-9-11-34-12-10-31/h3-8,13-15H,9-12H2,1-2H3,(H,28,29)(H,30,33). The molecule has 2 N–H and O–H groups in total. The Kier molecular flexibility index (Phi) is 5.03. The van der Waals surface area contributed by atoms with Crippen molar-refractivity contribution in [1.82, 2.24) is 19.6 Å². The summed E-state index contributed by atoms with van der Waals surface area (Å²) in [4.78, 5) is 23.7. The number of nitrogens with zero attached hydrogens (tertiary/aromatic N) is 5. The Hall–Kier alpha value is -4.18. The lowest BCUT2D eigenvalue weighted by Gasteiger charge is -2.31. The summed E-state index contributed by atoms with van der Waals surface area (Å²) in [5, 5.41) is 10.6. The average molecular weight is 472 g/mol. The van der Waals surface area contributed by atoms with Crippen molar-refractivity contribution in [1.29, 1.82) is 0 Å². The Morgan fingerprint density at radius 1 is 1.09 bits per heavy atom. The van der Waals surface area contributed by atoms with Gasteiger partial charge in [0, 0.05) is 30.0 Å². The van der Waals surface area contributed by atoms with E-state index in [0.717, 1.165) is 43.2 Å². The van der Waals surface area contributed by atoms with E-state index in [9.17, 15) is 4.79 Å². The second kappa shape index (κ2) is 8.24. The van der Waals surface area contributed by atoms with Crippen molar-refractivity contribution in [3.8, 4) is 17.0 Å². The monoisotopic (exact) mass is 471 g/mol. The highest BCUT2D eigenvalue weighted by atomic mass is 16.5. The molecule has 1 amide bonds. The number of hydrogen-bond donors (Lipinski definition) is 2. The minimum Gasteiger partial charge on any atom is -0.476 e. The maximum absolute atomic E-state index is 12.2. The van der Waals surface area contributed by atoms with E-state index in [1.54, 1.807) is 18.4 Å². The van der Waals surface area contributed by atoms with Crippen molar-refractivity contribution >= 4 is 34.4 Å². The Morgan fingerprint density at radius 3 is 2.69 bits per heavy atom. The first-order chi connectivity index (χ1) is 17.0. The van der Waals surface area contributed by atoms with Gasteiger partial charge in [-0.15, -0.1) is 0 Å². The van der Waals surface area contributed by atoms with Crippen molar-refractivity contribution in [3.05, 3.63) is 55.0 Å². The van der Waals surface area contributed by atoms with Crippen LogP contribution in [0.25, 0.3) is 16.9 Å². The molecule has 2 aromatic carbocycles. The molecular formula is C25H25N7O3. The van der Waals surface area contributed by atoms with Crippen molar-refractivity contribution in [2.24, 2.45) is 0 Å². The molecule has 1 saturated heterocycles. The molecule has 4 aromatic rings. The molecule has 0 unspecified atom stereocenters. The van der Waals surface area contributed by atoms with Gasteiger partial charge in [0.25, 0.3) is 5.91 Å². The van der Waals surface area contributed by atoms with Gasteiger partial charge in [0.1, 0.15) is 12.1 Å². The molecule has 0 saturated carbocycles. The number of carbonyl (C=O) groups is 1. The Balaban J connectivity index is 1.31. The molecule has 10 nitrogen and oxygen atoms in total. The number of benzene rings is 2. The van der Waals surface area contributed by atoms with Gasteiger partial charge in [-0.05, 0) is 50.2 Å². The molecule has 0 spiro atoms. The summed E-state index contributed by atoms with van der Waals surface area (Å²) in [5.41, 5.74) is 3.89. The molecule has 35 heavy (non-hydrogen) atoms. The molecule has 0 radical (unpaired) electrons. The normalized spacial score (nSPS) is 17.0. The van der Waals surface area contributed by atoms with Crippen molar-refractivity contribution in [2.75, 3.05) is 41.8 Å². The zero-order valence-corrected chi connectivity index (χ0v) is 19.5. The zero-order valence-electron chi connectivity index (χ0n) is 19.5. The maximum Gasteiger partial charge on any atom is 0.268 e. The van der Waals surface area contributed by atoms with Crippen LogP contribution in [0.15, 0.2) is 55.0 Å². The lowest BCUT2D eigenvalue weighted by Crippen LogP contribution is -2.45. The van der Waals surface area contributed by atoms with E-state index >= 15 is 0 Å². The van der Waals surface area contributed by atoms with Crippen LogP contribution in [0.5, 0.6) is 5.75 Å². The lowest BCUT2D eigenvalue weighted by molar-refractivity contribution is -0.129. The first kappa shape index (κ1) is 21.4. The minimum absolute atomic E-state index is 0.175. The lowest BCUT2D eigenvalue weighted by atomic mass is 10.0. The number of aromatic nitrogens is 4. The molecule has 2 aliphatic rings. The number of amides is 1. The van der Waals surface area contributed by atoms with Gasteiger partial charge in [-0.2, -0.15) is 5.10 Å². The van der Waals surface area contributed by atoms with Crippen LogP contribution < -0.4 is 20.3 Å². The Morgan fingerprint density at radius 2 is 1.89 bits per heavy atom. The van der Waals surface area contributed by atoms with Gasteiger partial charge >= 0.3 is 0 Å². The molecule has 4 heterocycles. The third-order valence-corrected chi connectivity index (χ3v) is 6.21. The second-order valence-corrected chi connectivity index (χ2v) is 9.05. The number of fused-ring (bicyclic) bond motifs is 2. The van der Waals surface area contributed by atoms with Crippen LogP contribution in [-0.4, -0.2) is 57.4 Å². The summed E-state index contributed by atoms with van der Waals surface area (Å²) < 4.78 is 13.1. The summed E-state index contributed by atoms with van der Waals surface area (Å²) in [6, 6.07) is 13.8. The third-order valence-electron chi connectivity index (χ3n) is 6.21. The van der Waals surface area contributed by atoms with Crippen molar-refractivity contribution in [3.63, 3.8) is 0 Å². The van der Waals surface area contributed by atoms with Crippen molar-refractivity contribution < 1.29 is 14.3 Å². The van der Waals surface area contributed by atoms with Crippen LogP contribution in [0.2, 0.25) is 0 Å². The smallest absolute Gasteiger partial charge is 0.268 e. The predicted molar refractivity (Wildman–Crippen MR) is 132 cm³/mol. The van der Waals surface area contributed by atoms with Gasteiger partial charge in [-0.1, -0.05) is 6.07 Å². The van der Waals surface area contributed by atoms with Crippen molar-refractivity contribution in [2.45, 2.75) is 19.4 Å². The van der Waals surface area contributed by atoms with Gasteiger partial charge in [0.15, 0.2) is 17.1 Å². The Labute approximate surface area is 201 Å². The number of rotatable bonds is 4. The molecule has 1 fully saturated rings. The minimum atomic E-state index is -0.949. The highest BCUT2D eigenvalue weighted by Gasteiger charge is 2.35. The SMILES string of the molecule is CC1(C)Oc2cc(-c3cn4ncnc4c(Nc4ccc(N5CCOCC5)cc4)n3)ccc2NC1=O. The van der Waals surface area contributed by atoms with Crippen LogP contribution in [0.1, 0.15) is 13.8 Å². The first-order valence-corrected chi connectivity index (χ1v) is 11.5. The second-order valence-electron chi connectivity index (χ2n) is 9.05. The molecule has 0 bridgehead atoms. The Bertz CT molecular complexity index is 1410. The highest BCUT2D eigenvalue weighted by molar-refractivity contribution is 6.00. The topological polar surface area (TPSA) is 106 Å². The van der Waals surface area contributed by atoms with E-state index in [0.29, 0.717) is 28.6 Å². The van der Waals surface area contributed by atoms with Crippen LogP contribution >= 0.6 is 0 Å². The number of morpholine rings is 1. The number of nitrogens with one attached hydrogen (secondary N) is 2. The molecular weight excluding hydrogens is 446 g/mol. The molecule has 6 rings (SSSR count). The first-order valence-electron chi connectivity index (χ1n) is 11.5. The van der Waals surface area contributed by atoms with Gasteiger partial charge < -0.3 is 25.0 Å². The maximum atomic E-state index is 12.2. The summed E-state index contributed by atoms with van der Waals surface area (Å²) in [5.74, 6) is 1.01. The molecule has 2 aromatic heterocycles. The third kappa shape index (κ3) is 4.01. The zero-order chi connectivity index (χ0) is 24.0. The fourth-order valence-electron chi connectivity index (χ4n) is 4.23. The van der Waals surface area contributed by atoms with Gasteiger partial charge in [0.2, 0.25) is 0 Å². The molecule has 2 aliphatic heterocycles. The molecule has 0 aliphatic carbocycles. The van der Waals surface area contributed by atoms with Crippen LogP contribution in [0.3, 0.4) is 0 Å². The van der Waals surface area contributed by atoms with E-state index in [1.807, 2.05) is 36.5 Å². The highest BCUT2D eigenvalue weighted by Crippen LogP contribution is 2.37. The molecule has 178 valence electrons. The van der Waals surface area contributed by atoms with Crippen LogP contribution in [-0.2, 0) is 9.53 Å². The van der Waals surface area contributed by atoms with E-state index in [-0.39, 0.29) is 5.91 Å². The summed E-state index contributed by atoms with van der Waals surface area (Å²) >= 11 is 0. The van der Waals surface area contributed by atoms with Gasteiger partial charge in [-0.3, -0.25) is 4.79 Å². The number of ether oxygens (including phenoxy) is 2. The average Bonchev–Trinajstić information content (AvgIpc) is 3.34. The van der Waals surface area contributed by atoms with E-state index in [1.165, 1.54) is 6.33 Å². The largest absolute Gasteiger partial charge is 0.476 e. The summed E-state index contributed by atoms with van der Waals surface area (Å²) in [7, 11) is 0. The number of hydrogen-bond acceptors (Lipinski definition) is 8. The molecule has 0 atom stereocenters. The van der Waals surface area contributed by atoms with E-state index in [2.05, 4.69) is 37.7 Å². The number of carbonyl (C=O) groups excluding carboxylic acids is 1. The summed E-state index contributed by atoms with van der Waals surface area (Å²) in [6.07, 6.45) is 3.32. The number of anilines is 4. The van der Waals surface area contributed by atoms with E-state index < -0.39 is 5.60 Å². The van der Waals surface area contributed by atoms with Crippen LogP contribution in [0.4, 0.5) is 22.9 Å². The quantitative estimate of drug-likeness (QED) is 0.466. The molecule has 10 heteroatoms. The van der Waals surface area contributed by atoms with Crippen LogP contribution in [0, 0.1) is 0 Å². The summed E-state index contributed by atoms with van der Waals surface area (Å²) in [6.45, 7) is 6.76. The fourth-order valence-corrected chi connectivity index (χ4v) is 4.23. The fraction of sp³-hybridized carbons (Fsp3) is 0.280. The van der Waals surface area contributed by atoms with Gasteiger partial charge in [-0.25, -0.2) is 14.5 Å². The van der Waals surface area contributed by atoms with Gasteiger partial charge in [0.05, 0.1) is 30.8 Å².